The molecule has 1 amide bonds. The van der Waals surface area contributed by atoms with Crippen molar-refractivity contribution in [1.29, 1.82) is 0 Å². The lowest BCUT2D eigenvalue weighted by Crippen LogP contribution is -2.45. The lowest BCUT2D eigenvalue weighted by atomic mass is 10.2. The summed E-state index contributed by atoms with van der Waals surface area (Å²) in [4.78, 5) is 27.2. The Morgan fingerprint density at radius 3 is 2.86 bits per heavy atom. The summed E-state index contributed by atoms with van der Waals surface area (Å²) in [5.74, 6) is -0.665. The Bertz CT molecular complexity index is 793. The second-order valence-corrected chi connectivity index (χ2v) is 8.07. The van der Waals surface area contributed by atoms with Crippen LogP contribution in [-0.2, 0) is 9.59 Å². The van der Waals surface area contributed by atoms with E-state index in [0.717, 1.165) is 55.8 Å². The number of hydrogen-bond donors (Lipinski definition) is 2. The Hall–Kier alpha value is -2.43. The Morgan fingerprint density at radius 2 is 2.10 bits per heavy atom. The highest BCUT2D eigenvalue weighted by Gasteiger charge is 2.32. The summed E-state index contributed by atoms with van der Waals surface area (Å²) in [6.45, 7) is 5.71. The molecule has 0 radical (unpaired) electrons. The van der Waals surface area contributed by atoms with Crippen LogP contribution in [-0.4, -0.2) is 89.8 Å². The molecular weight excluding hydrogens is 394 g/mol. The molecule has 2 N–H and O–H groups in total. The summed E-state index contributed by atoms with van der Waals surface area (Å²) >= 11 is 1.07. The molecular formula is C19H25N5O4S. The molecule has 1 atom stereocenters. The summed E-state index contributed by atoms with van der Waals surface area (Å²) in [5, 5.41) is 19.0. The molecule has 0 saturated carbocycles. The second kappa shape index (κ2) is 10.4. The monoisotopic (exact) mass is 419 g/mol. The largest absolute Gasteiger partial charge is 0.492 e. The quantitative estimate of drug-likeness (QED) is 0.472. The van der Waals surface area contributed by atoms with Crippen LogP contribution in [0.25, 0.3) is 0 Å². The van der Waals surface area contributed by atoms with Crippen LogP contribution in [0.2, 0.25) is 0 Å². The van der Waals surface area contributed by atoms with Crippen LogP contribution >= 0.6 is 11.8 Å². The Labute approximate surface area is 173 Å². The van der Waals surface area contributed by atoms with Gasteiger partial charge in [0.25, 0.3) is 0 Å². The molecule has 156 valence electrons. The van der Waals surface area contributed by atoms with Gasteiger partial charge in [-0.1, -0.05) is 23.9 Å². The van der Waals surface area contributed by atoms with Crippen LogP contribution < -0.4 is 10.1 Å². The molecule has 3 rings (SSSR count). The molecule has 0 spiro atoms. The zero-order valence-corrected chi connectivity index (χ0v) is 17.1. The van der Waals surface area contributed by atoms with E-state index in [1.807, 2.05) is 24.3 Å². The van der Waals surface area contributed by atoms with Crippen molar-refractivity contribution in [2.45, 2.75) is 11.7 Å². The number of hydrogen-bond acceptors (Lipinski definition) is 8. The van der Waals surface area contributed by atoms with Crippen molar-refractivity contribution in [3.8, 4) is 5.75 Å². The van der Waals surface area contributed by atoms with Crippen LogP contribution in [0.5, 0.6) is 5.75 Å². The lowest BCUT2D eigenvalue weighted by Gasteiger charge is -2.32. The summed E-state index contributed by atoms with van der Waals surface area (Å²) in [7, 11) is 2.13. The molecule has 2 saturated heterocycles. The molecule has 1 aromatic rings. The maximum atomic E-state index is 11.7. The molecule has 10 heteroatoms. The lowest BCUT2D eigenvalue weighted by molar-refractivity contribution is -0.138. The van der Waals surface area contributed by atoms with E-state index in [-0.39, 0.29) is 12.3 Å². The highest BCUT2D eigenvalue weighted by Crippen LogP contribution is 2.22. The van der Waals surface area contributed by atoms with E-state index in [0.29, 0.717) is 11.8 Å². The van der Waals surface area contributed by atoms with E-state index >= 15 is 0 Å². The number of carbonyl (C=O) groups excluding carboxylic acids is 1. The van der Waals surface area contributed by atoms with Crippen molar-refractivity contribution in [3.63, 3.8) is 0 Å². The van der Waals surface area contributed by atoms with Gasteiger partial charge >= 0.3 is 5.97 Å². The fourth-order valence-corrected chi connectivity index (χ4v) is 3.88. The van der Waals surface area contributed by atoms with Crippen LogP contribution in [0.3, 0.4) is 0 Å². The fraction of sp³-hybridized carbons (Fsp3) is 0.474. The highest BCUT2D eigenvalue weighted by atomic mass is 32.2. The summed E-state index contributed by atoms with van der Waals surface area (Å²) in [6.07, 6.45) is 1.32. The predicted molar refractivity (Wildman–Crippen MR) is 113 cm³/mol. The topological polar surface area (TPSA) is 107 Å². The van der Waals surface area contributed by atoms with E-state index < -0.39 is 11.2 Å². The Kier molecular flexibility index (Phi) is 7.62. The number of thioether (sulfide) groups is 1. The third-order valence-electron chi connectivity index (χ3n) is 4.66. The molecule has 0 bridgehead atoms. The van der Waals surface area contributed by atoms with Crippen LogP contribution in [0.15, 0.2) is 34.5 Å². The number of rotatable bonds is 8. The van der Waals surface area contributed by atoms with Crippen molar-refractivity contribution in [3.05, 3.63) is 29.8 Å². The average molecular weight is 420 g/mol. The number of carboxylic acids is 1. The Balaban J connectivity index is 1.52. The molecule has 2 aliphatic heterocycles. The Morgan fingerprint density at radius 1 is 1.34 bits per heavy atom. The first-order valence-electron chi connectivity index (χ1n) is 9.44. The molecule has 0 aliphatic carbocycles. The molecule has 0 aromatic heterocycles. The first kappa shape index (κ1) is 21.3. The number of carboxylic acid groups (broad SMARTS) is 1. The van der Waals surface area contributed by atoms with E-state index in [4.69, 9.17) is 9.84 Å². The van der Waals surface area contributed by atoms with Crippen molar-refractivity contribution in [2.24, 2.45) is 10.2 Å². The van der Waals surface area contributed by atoms with Gasteiger partial charge in [-0.3, -0.25) is 14.5 Å². The van der Waals surface area contributed by atoms with Gasteiger partial charge in [-0.25, -0.2) is 0 Å². The summed E-state index contributed by atoms with van der Waals surface area (Å²) in [6, 6.07) is 7.55. The van der Waals surface area contributed by atoms with Gasteiger partial charge in [-0.05, 0) is 19.2 Å². The van der Waals surface area contributed by atoms with Crippen molar-refractivity contribution < 1.29 is 19.4 Å². The average Bonchev–Trinajstić information content (AvgIpc) is 3.03. The molecule has 9 nitrogen and oxygen atoms in total. The van der Waals surface area contributed by atoms with Gasteiger partial charge in [0.1, 0.15) is 17.6 Å². The van der Waals surface area contributed by atoms with Gasteiger partial charge < -0.3 is 20.1 Å². The van der Waals surface area contributed by atoms with Gasteiger partial charge in [-0.2, -0.15) is 5.10 Å². The number of benzene rings is 1. The van der Waals surface area contributed by atoms with Crippen LogP contribution in [0.4, 0.5) is 0 Å². The first-order valence-corrected chi connectivity index (χ1v) is 10.3. The minimum absolute atomic E-state index is 0.247. The minimum atomic E-state index is -1.02. The number of likely N-dealkylation sites (N-methyl/N-ethyl adjacent to an activating group) is 1. The smallest absolute Gasteiger partial charge is 0.305 e. The third-order valence-corrected chi connectivity index (χ3v) is 5.73. The SMILES string of the molecule is CN1CCN(CCOc2ccccc2C=NN=C2NC(=O)C(CC(=O)O)S2)CC1. The molecule has 1 aromatic carbocycles. The van der Waals surface area contributed by atoms with E-state index in [9.17, 15) is 9.59 Å². The molecule has 1 unspecified atom stereocenters. The maximum absolute atomic E-state index is 11.7. The minimum Gasteiger partial charge on any atom is -0.492 e. The normalized spacial score (nSPS) is 22.3. The third kappa shape index (κ3) is 6.55. The van der Waals surface area contributed by atoms with E-state index in [1.54, 1.807) is 6.21 Å². The number of nitrogens with zero attached hydrogens (tertiary/aromatic N) is 4. The predicted octanol–water partition coefficient (Wildman–Crippen LogP) is 0.709. The molecule has 2 heterocycles. The molecule has 2 fully saturated rings. The zero-order chi connectivity index (χ0) is 20.6. The number of amidine groups is 1. The number of nitrogens with one attached hydrogen (secondary N) is 1. The molecule has 2 aliphatic rings. The summed E-state index contributed by atoms with van der Waals surface area (Å²) in [5.41, 5.74) is 0.784. The fourth-order valence-electron chi connectivity index (χ4n) is 2.96. The second-order valence-electron chi connectivity index (χ2n) is 6.87. The number of para-hydroxylation sites is 1. The maximum Gasteiger partial charge on any atom is 0.305 e. The van der Waals surface area contributed by atoms with Gasteiger partial charge in [0.15, 0.2) is 5.17 Å². The number of aliphatic carboxylic acids is 1. The van der Waals surface area contributed by atoms with Gasteiger partial charge in [-0.15, -0.1) is 5.10 Å². The van der Waals surface area contributed by atoms with E-state index in [2.05, 4.69) is 32.4 Å². The molecule has 29 heavy (non-hydrogen) atoms. The number of ether oxygens (including phenoxy) is 1. The van der Waals surface area contributed by atoms with Gasteiger partial charge in [0.2, 0.25) is 5.91 Å². The van der Waals surface area contributed by atoms with Gasteiger partial charge in [0.05, 0.1) is 12.6 Å². The first-order chi connectivity index (χ1) is 14.0. The standard InChI is InChI=1S/C19H25N5O4S/c1-23-6-8-24(9-7-23)10-11-28-15-5-3-2-4-14(15)13-20-22-19-21-18(27)16(29-19)12-17(25)26/h2-5,13,16H,6-12H2,1H3,(H,25,26)(H,21,22,27). The summed E-state index contributed by atoms with van der Waals surface area (Å²) < 4.78 is 5.93. The zero-order valence-electron chi connectivity index (χ0n) is 16.3. The van der Waals surface area contributed by atoms with Crippen LogP contribution in [0, 0.1) is 0 Å². The highest BCUT2D eigenvalue weighted by molar-refractivity contribution is 8.15. The van der Waals surface area contributed by atoms with Crippen molar-refractivity contribution in [2.75, 3.05) is 46.4 Å². The van der Waals surface area contributed by atoms with E-state index in [1.165, 1.54) is 0 Å². The van der Waals surface area contributed by atoms with Gasteiger partial charge in [0, 0.05) is 38.3 Å². The number of amides is 1. The number of piperazine rings is 1. The van der Waals surface area contributed by atoms with Crippen LogP contribution in [0.1, 0.15) is 12.0 Å². The number of carbonyl (C=O) groups is 2. The van der Waals surface area contributed by atoms with Crippen molar-refractivity contribution >= 4 is 35.0 Å². The van der Waals surface area contributed by atoms with Crippen molar-refractivity contribution in [1.82, 2.24) is 15.1 Å².